The van der Waals surface area contributed by atoms with E-state index < -0.39 is 0 Å². The summed E-state index contributed by atoms with van der Waals surface area (Å²) in [7, 11) is 0. The van der Waals surface area contributed by atoms with Gasteiger partial charge in [-0.3, -0.25) is 0 Å². The van der Waals surface area contributed by atoms with E-state index in [9.17, 15) is 0 Å². The van der Waals surface area contributed by atoms with Crippen LogP contribution in [0.25, 0.3) is 0 Å². The van der Waals surface area contributed by atoms with E-state index in [-0.39, 0.29) is 12.0 Å². The fourth-order valence-corrected chi connectivity index (χ4v) is 1.84. The second-order valence-corrected chi connectivity index (χ2v) is 3.56. The van der Waals surface area contributed by atoms with Crippen LogP contribution in [0.15, 0.2) is 23.5 Å². The summed E-state index contributed by atoms with van der Waals surface area (Å²) in [4.78, 5) is 9.38. The lowest BCUT2D eigenvalue weighted by atomic mass is 9.93. The van der Waals surface area contributed by atoms with Crippen LogP contribution < -0.4 is 4.74 Å². The lowest BCUT2D eigenvalue weighted by Gasteiger charge is -2.22. The van der Waals surface area contributed by atoms with E-state index >= 15 is 0 Å². The van der Waals surface area contributed by atoms with Crippen molar-refractivity contribution >= 4 is 5.71 Å². The van der Waals surface area contributed by atoms with Crippen LogP contribution in [-0.2, 0) is 4.84 Å². The second kappa shape index (κ2) is 2.70. The Morgan fingerprint density at radius 1 is 1.50 bits per heavy atom. The highest BCUT2D eigenvalue weighted by Gasteiger charge is 2.37. The summed E-state index contributed by atoms with van der Waals surface area (Å²) in [5.41, 5.74) is 1.94. The predicted octanol–water partition coefficient (Wildman–Crippen LogP) is 1.21. The molecule has 2 aliphatic rings. The summed E-state index contributed by atoms with van der Waals surface area (Å²) in [5.74, 6) is 0.923. The molecule has 4 nitrogen and oxygen atoms in total. The number of oxime groups is 1. The van der Waals surface area contributed by atoms with Gasteiger partial charge < -0.3 is 9.57 Å². The molecule has 4 heteroatoms. The molecule has 0 aliphatic carbocycles. The first-order valence-corrected chi connectivity index (χ1v) is 4.68. The van der Waals surface area contributed by atoms with Crippen LogP contribution in [0, 0.1) is 5.92 Å². The fraction of sp³-hybridized carbons (Fsp3) is 0.400. The maximum atomic E-state index is 5.54. The Labute approximate surface area is 81.5 Å². The topological polar surface area (TPSA) is 43.7 Å². The van der Waals surface area contributed by atoms with Gasteiger partial charge in [-0.15, -0.1) is 0 Å². The molecule has 3 heterocycles. The monoisotopic (exact) mass is 190 g/mol. The Kier molecular flexibility index (Phi) is 1.50. The van der Waals surface area contributed by atoms with E-state index in [1.807, 2.05) is 19.1 Å². The number of nitrogens with zero attached hydrogens (tertiary/aromatic N) is 2. The van der Waals surface area contributed by atoms with Crippen molar-refractivity contribution in [1.29, 1.82) is 0 Å². The highest BCUT2D eigenvalue weighted by atomic mass is 16.6. The van der Waals surface area contributed by atoms with E-state index in [1.54, 1.807) is 6.20 Å². The molecule has 0 aromatic carbocycles. The first-order chi connectivity index (χ1) is 6.86. The average Bonchev–Trinajstić information content (AvgIpc) is 2.61. The van der Waals surface area contributed by atoms with E-state index in [2.05, 4.69) is 10.1 Å². The van der Waals surface area contributed by atoms with Gasteiger partial charge in [0.15, 0.2) is 0 Å². The summed E-state index contributed by atoms with van der Waals surface area (Å²) in [6, 6.07) is 3.85. The maximum absolute atomic E-state index is 5.54. The van der Waals surface area contributed by atoms with Gasteiger partial charge in [-0.05, 0) is 19.1 Å². The van der Waals surface area contributed by atoms with Gasteiger partial charge in [0, 0.05) is 6.20 Å². The van der Waals surface area contributed by atoms with Gasteiger partial charge in [0.25, 0.3) is 0 Å². The van der Waals surface area contributed by atoms with Gasteiger partial charge in [0.2, 0.25) is 5.88 Å². The third kappa shape index (κ3) is 0.937. The highest BCUT2D eigenvalue weighted by Crippen LogP contribution is 2.31. The third-order valence-electron chi connectivity index (χ3n) is 2.68. The molecule has 0 spiro atoms. The normalized spacial score (nSPS) is 28.2. The quantitative estimate of drug-likeness (QED) is 0.617. The van der Waals surface area contributed by atoms with Crippen LogP contribution >= 0.6 is 0 Å². The Balaban J connectivity index is 2.10. The fourth-order valence-electron chi connectivity index (χ4n) is 1.84. The zero-order valence-corrected chi connectivity index (χ0v) is 7.80. The minimum atomic E-state index is 0.110. The van der Waals surface area contributed by atoms with Gasteiger partial charge in [-0.2, -0.15) is 0 Å². The number of aromatic nitrogens is 1. The Morgan fingerprint density at radius 2 is 2.43 bits per heavy atom. The molecule has 0 fully saturated rings. The average molecular weight is 190 g/mol. The molecule has 14 heavy (non-hydrogen) atoms. The molecular formula is C10H10N2O2. The number of rotatable bonds is 0. The number of ether oxygens (including phenoxy) is 1. The lowest BCUT2D eigenvalue weighted by Crippen LogP contribution is -2.32. The van der Waals surface area contributed by atoms with Crippen molar-refractivity contribution in [3.8, 4) is 5.88 Å². The van der Waals surface area contributed by atoms with Crippen LogP contribution in [-0.4, -0.2) is 23.4 Å². The molecule has 2 unspecified atom stereocenters. The SMILES string of the molecule is CC1ON=C2c3cccnc3OCC21. The Bertz CT molecular complexity index is 403. The molecule has 1 aromatic heterocycles. The molecule has 2 aliphatic heterocycles. The van der Waals surface area contributed by atoms with Crippen LogP contribution in [0.2, 0.25) is 0 Å². The summed E-state index contributed by atoms with van der Waals surface area (Å²) < 4.78 is 5.54. The maximum Gasteiger partial charge on any atom is 0.222 e. The lowest BCUT2D eigenvalue weighted by molar-refractivity contribution is 0.0619. The number of fused-ring (bicyclic) bond motifs is 3. The molecule has 1 aromatic rings. The zero-order chi connectivity index (χ0) is 9.54. The van der Waals surface area contributed by atoms with Gasteiger partial charge in [-0.1, -0.05) is 5.16 Å². The van der Waals surface area contributed by atoms with Crippen LogP contribution in [0.1, 0.15) is 12.5 Å². The molecule has 0 saturated carbocycles. The van der Waals surface area contributed by atoms with Crippen molar-refractivity contribution < 1.29 is 9.57 Å². The van der Waals surface area contributed by atoms with Crippen molar-refractivity contribution in [3.63, 3.8) is 0 Å². The summed E-state index contributed by atoms with van der Waals surface area (Å²) in [6.07, 6.45) is 1.83. The Morgan fingerprint density at radius 3 is 3.36 bits per heavy atom. The van der Waals surface area contributed by atoms with Gasteiger partial charge in [0.05, 0.1) is 11.5 Å². The van der Waals surface area contributed by atoms with E-state index in [0.29, 0.717) is 12.5 Å². The largest absolute Gasteiger partial charge is 0.476 e. The molecule has 0 bridgehead atoms. The molecule has 0 N–H and O–H groups in total. The summed E-state index contributed by atoms with van der Waals surface area (Å²) >= 11 is 0. The van der Waals surface area contributed by atoms with E-state index in [1.165, 1.54) is 0 Å². The molecule has 0 radical (unpaired) electrons. The molecular weight excluding hydrogens is 180 g/mol. The predicted molar refractivity (Wildman–Crippen MR) is 50.3 cm³/mol. The summed E-state index contributed by atoms with van der Waals surface area (Å²) in [6.45, 7) is 2.62. The zero-order valence-electron chi connectivity index (χ0n) is 7.80. The van der Waals surface area contributed by atoms with E-state index in [4.69, 9.17) is 9.57 Å². The molecule has 0 amide bonds. The number of hydrogen-bond acceptors (Lipinski definition) is 4. The van der Waals surface area contributed by atoms with Crippen LogP contribution in [0.4, 0.5) is 0 Å². The molecule has 2 atom stereocenters. The first-order valence-electron chi connectivity index (χ1n) is 4.68. The van der Waals surface area contributed by atoms with Gasteiger partial charge in [-0.25, -0.2) is 4.98 Å². The second-order valence-electron chi connectivity index (χ2n) is 3.56. The minimum absolute atomic E-state index is 0.110. The number of pyridine rings is 1. The van der Waals surface area contributed by atoms with E-state index in [0.717, 1.165) is 11.3 Å². The van der Waals surface area contributed by atoms with Gasteiger partial charge in [0.1, 0.15) is 18.4 Å². The van der Waals surface area contributed by atoms with Crippen molar-refractivity contribution in [2.75, 3.05) is 6.61 Å². The number of hydrogen-bond donors (Lipinski definition) is 0. The minimum Gasteiger partial charge on any atom is -0.476 e. The first kappa shape index (κ1) is 7.79. The smallest absolute Gasteiger partial charge is 0.222 e. The van der Waals surface area contributed by atoms with Crippen LogP contribution in [0.3, 0.4) is 0 Å². The third-order valence-corrected chi connectivity index (χ3v) is 2.68. The highest BCUT2D eigenvalue weighted by molar-refractivity contribution is 6.05. The Hall–Kier alpha value is -1.58. The van der Waals surface area contributed by atoms with Crippen molar-refractivity contribution in [1.82, 2.24) is 4.98 Å². The van der Waals surface area contributed by atoms with Gasteiger partial charge >= 0.3 is 0 Å². The molecule has 72 valence electrons. The molecule has 3 rings (SSSR count). The van der Waals surface area contributed by atoms with Crippen molar-refractivity contribution in [2.24, 2.45) is 11.1 Å². The van der Waals surface area contributed by atoms with Crippen molar-refractivity contribution in [2.45, 2.75) is 13.0 Å². The summed E-state index contributed by atoms with van der Waals surface area (Å²) in [5, 5.41) is 4.08. The molecule has 0 saturated heterocycles. The van der Waals surface area contributed by atoms with Crippen molar-refractivity contribution in [3.05, 3.63) is 23.9 Å². The van der Waals surface area contributed by atoms with Crippen LogP contribution in [0.5, 0.6) is 5.88 Å². The standard InChI is InChI=1S/C10H10N2O2/c1-6-8-5-13-10-7(3-2-4-11-10)9(8)12-14-6/h2-4,6,8H,5H2,1H3.